The lowest BCUT2D eigenvalue weighted by Gasteiger charge is -2.09. The number of benzene rings is 2. The second-order valence-electron chi connectivity index (χ2n) is 3.93. The zero-order chi connectivity index (χ0) is 13.3. The van der Waals surface area contributed by atoms with E-state index in [1.54, 1.807) is 13.0 Å². The third-order valence-corrected chi connectivity index (χ3v) is 2.68. The average Bonchev–Trinajstić information content (AvgIpc) is 2.34. The molecule has 0 atom stereocenters. The fourth-order valence-electron chi connectivity index (χ4n) is 1.74. The number of hydrogen-bond donors (Lipinski definition) is 0. The van der Waals surface area contributed by atoms with Gasteiger partial charge in [-0.1, -0.05) is 12.1 Å². The summed E-state index contributed by atoms with van der Waals surface area (Å²) in [5.41, 5.74) is 0.621. The van der Waals surface area contributed by atoms with Crippen LogP contribution in [0.2, 0.25) is 0 Å². The highest BCUT2D eigenvalue weighted by Crippen LogP contribution is 2.31. The molecule has 0 bridgehead atoms. The van der Waals surface area contributed by atoms with E-state index < -0.39 is 17.5 Å². The quantitative estimate of drug-likeness (QED) is 0.782. The van der Waals surface area contributed by atoms with Crippen LogP contribution in [0.1, 0.15) is 5.56 Å². The van der Waals surface area contributed by atoms with Crippen molar-refractivity contribution in [3.8, 4) is 16.9 Å². The van der Waals surface area contributed by atoms with E-state index in [1.165, 1.54) is 31.4 Å². The Morgan fingerprint density at radius 1 is 0.889 bits per heavy atom. The topological polar surface area (TPSA) is 9.23 Å². The van der Waals surface area contributed by atoms with Crippen LogP contribution >= 0.6 is 0 Å². The maximum Gasteiger partial charge on any atom is 0.201 e. The molecular formula is C14H11F3O. The smallest absolute Gasteiger partial charge is 0.201 e. The Morgan fingerprint density at radius 2 is 1.56 bits per heavy atom. The van der Waals surface area contributed by atoms with Crippen LogP contribution in [0.25, 0.3) is 11.1 Å². The van der Waals surface area contributed by atoms with Crippen LogP contribution < -0.4 is 4.74 Å². The minimum atomic E-state index is -1.12. The van der Waals surface area contributed by atoms with E-state index in [-0.39, 0.29) is 16.9 Å². The number of ether oxygens (including phenoxy) is 1. The summed E-state index contributed by atoms with van der Waals surface area (Å²) >= 11 is 0. The molecule has 0 aliphatic rings. The third kappa shape index (κ3) is 2.06. The van der Waals surface area contributed by atoms with Crippen molar-refractivity contribution in [2.75, 3.05) is 7.11 Å². The van der Waals surface area contributed by atoms with Gasteiger partial charge in [0, 0.05) is 11.1 Å². The molecule has 2 aromatic carbocycles. The molecule has 0 amide bonds. The number of halogens is 3. The molecule has 2 aromatic rings. The molecule has 0 fully saturated rings. The van der Waals surface area contributed by atoms with Crippen LogP contribution in [-0.2, 0) is 0 Å². The minimum Gasteiger partial charge on any atom is -0.494 e. The molecule has 4 heteroatoms. The first kappa shape index (κ1) is 12.5. The summed E-state index contributed by atoms with van der Waals surface area (Å²) in [5, 5.41) is 0. The molecule has 0 heterocycles. The molecule has 0 aromatic heterocycles. The predicted octanol–water partition coefficient (Wildman–Crippen LogP) is 4.09. The number of aryl methyl sites for hydroxylation is 1. The molecule has 2 rings (SSSR count). The van der Waals surface area contributed by atoms with Crippen molar-refractivity contribution in [3.05, 3.63) is 53.3 Å². The van der Waals surface area contributed by atoms with Gasteiger partial charge in [0.25, 0.3) is 0 Å². The standard InChI is InChI=1S/C14H11F3O/c1-8-3-4-9(11(15)7-8)10-5-6-12(18-2)14(17)13(10)16/h3-7H,1-2H3. The van der Waals surface area contributed by atoms with Crippen LogP contribution in [0.5, 0.6) is 5.75 Å². The van der Waals surface area contributed by atoms with Gasteiger partial charge in [-0.15, -0.1) is 0 Å². The zero-order valence-electron chi connectivity index (χ0n) is 9.93. The van der Waals surface area contributed by atoms with Crippen molar-refractivity contribution in [3.63, 3.8) is 0 Å². The maximum atomic E-state index is 13.8. The van der Waals surface area contributed by atoms with E-state index in [9.17, 15) is 13.2 Å². The van der Waals surface area contributed by atoms with E-state index in [2.05, 4.69) is 4.74 Å². The lowest BCUT2D eigenvalue weighted by Crippen LogP contribution is -1.96. The highest BCUT2D eigenvalue weighted by atomic mass is 19.2. The Kier molecular flexibility index (Phi) is 3.28. The molecule has 1 nitrogen and oxygen atoms in total. The second-order valence-corrected chi connectivity index (χ2v) is 3.93. The van der Waals surface area contributed by atoms with E-state index >= 15 is 0 Å². The van der Waals surface area contributed by atoms with Gasteiger partial charge in [0.15, 0.2) is 11.6 Å². The van der Waals surface area contributed by atoms with Gasteiger partial charge in [-0.05, 0) is 30.7 Å². The molecule has 94 valence electrons. The van der Waals surface area contributed by atoms with Gasteiger partial charge in [-0.25, -0.2) is 8.78 Å². The first-order valence-electron chi connectivity index (χ1n) is 5.33. The van der Waals surface area contributed by atoms with Crippen molar-refractivity contribution in [2.24, 2.45) is 0 Å². The summed E-state index contributed by atoms with van der Waals surface area (Å²) in [5.74, 6) is -3.02. The molecule has 0 N–H and O–H groups in total. The monoisotopic (exact) mass is 252 g/mol. The summed E-state index contributed by atoms with van der Waals surface area (Å²) in [6.45, 7) is 1.72. The Balaban J connectivity index is 2.61. The van der Waals surface area contributed by atoms with Gasteiger partial charge in [0.2, 0.25) is 5.82 Å². The number of hydrogen-bond acceptors (Lipinski definition) is 1. The normalized spacial score (nSPS) is 10.5. The van der Waals surface area contributed by atoms with Gasteiger partial charge in [0.05, 0.1) is 7.11 Å². The molecule has 18 heavy (non-hydrogen) atoms. The molecule has 0 radical (unpaired) electrons. The highest BCUT2D eigenvalue weighted by Gasteiger charge is 2.17. The molecule has 0 saturated carbocycles. The average molecular weight is 252 g/mol. The molecule has 0 unspecified atom stereocenters. The van der Waals surface area contributed by atoms with Crippen LogP contribution in [0.4, 0.5) is 13.2 Å². The van der Waals surface area contributed by atoms with E-state index in [4.69, 9.17) is 0 Å². The molecule has 0 aliphatic carbocycles. The lowest BCUT2D eigenvalue weighted by molar-refractivity contribution is 0.372. The molecule has 0 spiro atoms. The Bertz CT molecular complexity index is 594. The van der Waals surface area contributed by atoms with Crippen LogP contribution in [0, 0.1) is 24.4 Å². The molecular weight excluding hydrogens is 241 g/mol. The van der Waals surface area contributed by atoms with Gasteiger partial charge in [0.1, 0.15) is 5.82 Å². The lowest BCUT2D eigenvalue weighted by atomic mass is 10.0. The Morgan fingerprint density at radius 3 is 2.17 bits per heavy atom. The predicted molar refractivity (Wildman–Crippen MR) is 63.0 cm³/mol. The number of methoxy groups -OCH3 is 1. The first-order valence-corrected chi connectivity index (χ1v) is 5.33. The summed E-state index contributed by atoms with van der Waals surface area (Å²) in [4.78, 5) is 0. The SMILES string of the molecule is COc1ccc(-c2ccc(C)cc2F)c(F)c1F. The highest BCUT2D eigenvalue weighted by molar-refractivity contribution is 5.66. The Labute approximate surface area is 103 Å². The van der Waals surface area contributed by atoms with Gasteiger partial charge in [-0.2, -0.15) is 4.39 Å². The first-order chi connectivity index (χ1) is 8.54. The molecule has 0 saturated heterocycles. The van der Waals surface area contributed by atoms with Crippen molar-refractivity contribution in [1.29, 1.82) is 0 Å². The zero-order valence-corrected chi connectivity index (χ0v) is 9.93. The summed E-state index contributed by atoms with van der Waals surface area (Å²) in [7, 11) is 1.24. The molecule has 0 aliphatic heterocycles. The summed E-state index contributed by atoms with van der Waals surface area (Å²) < 4.78 is 45.7. The summed E-state index contributed by atoms with van der Waals surface area (Å²) in [6.07, 6.45) is 0. The number of rotatable bonds is 2. The largest absolute Gasteiger partial charge is 0.494 e. The van der Waals surface area contributed by atoms with Gasteiger partial charge < -0.3 is 4.74 Å². The third-order valence-electron chi connectivity index (χ3n) is 2.68. The van der Waals surface area contributed by atoms with Crippen molar-refractivity contribution >= 4 is 0 Å². The van der Waals surface area contributed by atoms with Crippen LogP contribution in [0.15, 0.2) is 30.3 Å². The van der Waals surface area contributed by atoms with Crippen LogP contribution in [-0.4, -0.2) is 7.11 Å². The van der Waals surface area contributed by atoms with Crippen molar-refractivity contribution in [1.82, 2.24) is 0 Å². The second kappa shape index (κ2) is 4.72. The van der Waals surface area contributed by atoms with Gasteiger partial charge >= 0.3 is 0 Å². The minimum absolute atomic E-state index is 0.0275. The van der Waals surface area contributed by atoms with Gasteiger partial charge in [-0.3, -0.25) is 0 Å². The van der Waals surface area contributed by atoms with Crippen molar-refractivity contribution in [2.45, 2.75) is 6.92 Å². The summed E-state index contributed by atoms with van der Waals surface area (Å²) in [6, 6.07) is 6.91. The Hall–Kier alpha value is -1.97. The van der Waals surface area contributed by atoms with E-state index in [1.807, 2.05) is 0 Å². The van der Waals surface area contributed by atoms with Crippen molar-refractivity contribution < 1.29 is 17.9 Å². The van der Waals surface area contributed by atoms with E-state index in [0.29, 0.717) is 5.56 Å². The maximum absolute atomic E-state index is 13.8. The fraction of sp³-hybridized carbons (Fsp3) is 0.143. The van der Waals surface area contributed by atoms with Crippen LogP contribution in [0.3, 0.4) is 0 Å². The van der Waals surface area contributed by atoms with E-state index in [0.717, 1.165) is 0 Å². The fourth-order valence-corrected chi connectivity index (χ4v) is 1.74.